The third kappa shape index (κ3) is 5.04. The largest absolute Gasteiger partial charge is 0.496 e. The molecule has 0 spiro atoms. The van der Waals surface area contributed by atoms with Crippen molar-refractivity contribution in [3.63, 3.8) is 0 Å². The van der Waals surface area contributed by atoms with E-state index in [9.17, 15) is 9.59 Å². The third-order valence-corrected chi connectivity index (χ3v) is 5.18. The Balaban J connectivity index is 1.81. The summed E-state index contributed by atoms with van der Waals surface area (Å²) in [5.74, 6) is 0.244. The zero-order chi connectivity index (χ0) is 20.8. The molecule has 1 aliphatic carbocycles. The molecule has 29 heavy (non-hydrogen) atoms. The summed E-state index contributed by atoms with van der Waals surface area (Å²) in [5.41, 5.74) is 1.95. The minimum absolute atomic E-state index is 0.250. The SMILES string of the molecule is COc1cc2nn(C3CCCCC3)cc2cc1C(=O)N/C(C)=C/C=C\N(C)C=O. The van der Waals surface area contributed by atoms with Gasteiger partial charge in [0.2, 0.25) is 6.41 Å². The standard InChI is InChI=1S/C22H28N4O3/c1-16(8-7-11-25(2)15-27)23-22(28)19-12-17-14-26(18-9-5-4-6-10-18)24-20(17)13-21(19)29-3/h7-8,11-15,18H,4-6,9-10H2,1-3H3,(H,23,28)/b11-7-,16-8+. The van der Waals surface area contributed by atoms with Crippen molar-refractivity contribution in [3.8, 4) is 5.75 Å². The molecule has 7 nitrogen and oxygen atoms in total. The van der Waals surface area contributed by atoms with Crippen LogP contribution in [0.4, 0.5) is 0 Å². The molecule has 0 aliphatic heterocycles. The summed E-state index contributed by atoms with van der Waals surface area (Å²) in [6, 6.07) is 4.08. The number of allylic oxidation sites excluding steroid dienone is 3. The van der Waals surface area contributed by atoms with Crippen molar-refractivity contribution in [2.45, 2.75) is 45.1 Å². The smallest absolute Gasteiger partial charge is 0.259 e. The summed E-state index contributed by atoms with van der Waals surface area (Å²) in [6.07, 6.45) is 13.8. The molecule has 2 aromatic rings. The molecule has 1 N–H and O–H groups in total. The third-order valence-electron chi connectivity index (χ3n) is 5.18. The fourth-order valence-corrected chi connectivity index (χ4v) is 3.60. The summed E-state index contributed by atoms with van der Waals surface area (Å²) >= 11 is 0. The van der Waals surface area contributed by atoms with Gasteiger partial charge in [0.15, 0.2) is 0 Å². The fraction of sp³-hybridized carbons (Fsp3) is 0.409. The number of carbonyl (C=O) groups excluding carboxylic acids is 2. The maximum Gasteiger partial charge on any atom is 0.259 e. The van der Waals surface area contributed by atoms with Gasteiger partial charge in [-0.2, -0.15) is 5.10 Å². The number of ether oxygens (including phenoxy) is 1. The predicted octanol–water partition coefficient (Wildman–Crippen LogP) is 3.79. The first-order chi connectivity index (χ1) is 14.0. The van der Waals surface area contributed by atoms with Crippen LogP contribution in [0.2, 0.25) is 0 Å². The molecule has 1 fully saturated rings. The van der Waals surface area contributed by atoms with Crippen molar-refractivity contribution in [1.82, 2.24) is 20.0 Å². The summed E-state index contributed by atoms with van der Waals surface area (Å²) in [5, 5.41) is 8.50. The highest BCUT2D eigenvalue weighted by Crippen LogP contribution is 2.31. The van der Waals surface area contributed by atoms with Crippen molar-refractivity contribution >= 4 is 23.2 Å². The van der Waals surface area contributed by atoms with Crippen molar-refractivity contribution in [2.24, 2.45) is 0 Å². The van der Waals surface area contributed by atoms with Gasteiger partial charge in [-0.15, -0.1) is 0 Å². The van der Waals surface area contributed by atoms with Gasteiger partial charge in [-0.3, -0.25) is 14.3 Å². The lowest BCUT2D eigenvalue weighted by molar-refractivity contribution is -0.114. The molecule has 1 saturated carbocycles. The minimum Gasteiger partial charge on any atom is -0.496 e. The van der Waals surface area contributed by atoms with Gasteiger partial charge in [0.1, 0.15) is 5.75 Å². The number of benzene rings is 1. The Morgan fingerprint density at radius 2 is 2.07 bits per heavy atom. The first-order valence-corrected chi connectivity index (χ1v) is 9.92. The van der Waals surface area contributed by atoms with Crippen LogP contribution in [0.1, 0.15) is 55.4 Å². The minimum atomic E-state index is -0.250. The quantitative estimate of drug-likeness (QED) is 0.571. The van der Waals surface area contributed by atoms with E-state index in [-0.39, 0.29) is 5.91 Å². The van der Waals surface area contributed by atoms with E-state index in [1.165, 1.54) is 24.2 Å². The summed E-state index contributed by atoms with van der Waals surface area (Å²) in [7, 11) is 3.19. The average molecular weight is 396 g/mol. The zero-order valence-corrected chi connectivity index (χ0v) is 17.2. The van der Waals surface area contributed by atoms with Crippen LogP contribution in [0.5, 0.6) is 5.75 Å². The Hall–Kier alpha value is -3.09. The van der Waals surface area contributed by atoms with Crippen LogP contribution in [0, 0.1) is 0 Å². The van der Waals surface area contributed by atoms with Crippen molar-refractivity contribution in [3.05, 3.63) is 47.9 Å². The van der Waals surface area contributed by atoms with Gasteiger partial charge in [0.05, 0.1) is 24.2 Å². The number of nitrogens with zero attached hydrogens (tertiary/aromatic N) is 3. The van der Waals surface area contributed by atoms with Gasteiger partial charge in [-0.1, -0.05) is 19.3 Å². The highest BCUT2D eigenvalue weighted by atomic mass is 16.5. The molecule has 0 saturated heterocycles. The van der Waals surface area contributed by atoms with Gasteiger partial charge in [0, 0.05) is 36.6 Å². The molecule has 0 atom stereocenters. The monoisotopic (exact) mass is 396 g/mol. The van der Waals surface area contributed by atoms with Crippen LogP contribution in [-0.4, -0.2) is 41.2 Å². The molecule has 0 radical (unpaired) electrons. The fourth-order valence-electron chi connectivity index (χ4n) is 3.60. The zero-order valence-electron chi connectivity index (χ0n) is 17.2. The van der Waals surface area contributed by atoms with Crippen LogP contribution in [-0.2, 0) is 4.79 Å². The second-order valence-corrected chi connectivity index (χ2v) is 7.43. The van der Waals surface area contributed by atoms with E-state index < -0.39 is 0 Å². The van der Waals surface area contributed by atoms with Crippen LogP contribution >= 0.6 is 0 Å². The first-order valence-electron chi connectivity index (χ1n) is 9.92. The van der Waals surface area contributed by atoms with Crippen molar-refractivity contribution in [2.75, 3.05) is 14.2 Å². The van der Waals surface area contributed by atoms with Crippen LogP contribution in [0.3, 0.4) is 0 Å². The molecule has 1 aliphatic rings. The Morgan fingerprint density at radius 3 is 2.76 bits per heavy atom. The second kappa shape index (κ2) is 9.41. The maximum atomic E-state index is 12.8. The average Bonchev–Trinajstić information content (AvgIpc) is 3.16. The Bertz CT molecular complexity index is 939. The number of hydrogen-bond donors (Lipinski definition) is 1. The predicted molar refractivity (Wildman–Crippen MR) is 113 cm³/mol. The molecule has 0 bridgehead atoms. The van der Waals surface area contributed by atoms with Gasteiger partial charge >= 0.3 is 0 Å². The molecule has 154 valence electrons. The molecule has 0 unspecified atom stereocenters. The van der Waals surface area contributed by atoms with E-state index in [4.69, 9.17) is 9.84 Å². The molecule has 1 aromatic carbocycles. The molecule has 2 amide bonds. The number of fused-ring (bicyclic) bond motifs is 1. The van der Waals surface area contributed by atoms with E-state index >= 15 is 0 Å². The van der Waals surface area contributed by atoms with Crippen LogP contribution in [0.15, 0.2) is 42.4 Å². The van der Waals surface area contributed by atoms with Crippen LogP contribution in [0.25, 0.3) is 10.9 Å². The Kier molecular flexibility index (Phi) is 6.69. The van der Waals surface area contributed by atoms with Crippen LogP contribution < -0.4 is 10.1 Å². The first kappa shape index (κ1) is 20.6. The van der Waals surface area contributed by atoms with E-state index in [1.807, 2.05) is 23.0 Å². The summed E-state index contributed by atoms with van der Waals surface area (Å²) in [6.45, 7) is 1.79. The van der Waals surface area contributed by atoms with E-state index in [0.29, 0.717) is 29.5 Å². The van der Waals surface area contributed by atoms with Gasteiger partial charge < -0.3 is 15.0 Å². The topological polar surface area (TPSA) is 76.5 Å². The highest BCUT2D eigenvalue weighted by Gasteiger charge is 2.19. The lowest BCUT2D eigenvalue weighted by Gasteiger charge is -2.21. The van der Waals surface area contributed by atoms with E-state index in [2.05, 4.69) is 5.32 Å². The number of aromatic nitrogens is 2. The highest BCUT2D eigenvalue weighted by molar-refractivity contribution is 6.01. The molecule has 3 rings (SSSR count). The number of amides is 2. The van der Waals surface area contributed by atoms with Crippen molar-refractivity contribution < 1.29 is 14.3 Å². The Morgan fingerprint density at radius 1 is 1.31 bits per heavy atom. The lowest BCUT2D eigenvalue weighted by atomic mass is 9.96. The summed E-state index contributed by atoms with van der Waals surface area (Å²) < 4.78 is 7.50. The van der Waals surface area contributed by atoms with E-state index in [0.717, 1.165) is 23.7 Å². The lowest BCUT2D eigenvalue weighted by Crippen LogP contribution is -2.22. The molecule has 7 heteroatoms. The molecular weight excluding hydrogens is 368 g/mol. The van der Waals surface area contributed by atoms with Gasteiger partial charge in [-0.05, 0) is 38.0 Å². The number of methoxy groups -OCH3 is 1. The van der Waals surface area contributed by atoms with Gasteiger partial charge in [-0.25, -0.2) is 0 Å². The molecular formula is C22H28N4O3. The van der Waals surface area contributed by atoms with Crippen molar-refractivity contribution in [1.29, 1.82) is 0 Å². The maximum absolute atomic E-state index is 12.8. The van der Waals surface area contributed by atoms with Gasteiger partial charge in [0.25, 0.3) is 5.91 Å². The number of hydrogen-bond acceptors (Lipinski definition) is 4. The second-order valence-electron chi connectivity index (χ2n) is 7.43. The molecule has 1 heterocycles. The molecule has 1 aromatic heterocycles. The number of nitrogens with one attached hydrogen (secondary N) is 1. The number of rotatable bonds is 7. The number of carbonyl (C=O) groups is 2. The van der Waals surface area contributed by atoms with E-state index in [1.54, 1.807) is 39.4 Å². The normalized spacial score (nSPS) is 15.6. The summed E-state index contributed by atoms with van der Waals surface area (Å²) in [4.78, 5) is 24.8. The Labute approximate surface area is 171 Å².